The highest BCUT2D eigenvalue weighted by molar-refractivity contribution is 5.75. The summed E-state index contributed by atoms with van der Waals surface area (Å²) in [5, 5.41) is 10.4. The monoisotopic (exact) mass is 254 g/mol. The summed E-state index contributed by atoms with van der Waals surface area (Å²) in [5.74, 6) is -0.612. The third-order valence-electron chi connectivity index (χ3n) is 2.58. The van der Waals surface area contributed by atoms with Crippen molar-refractivity contribution in [2.24, 2.45) is 0 Å². The summed E-state index contributed by atoms with van der Waals surface area (Å²) in [5.41, 5.74) is 0.132. The van der Waals surface area contributed by atoms with Crippen LogP contribution in [-0.4, -0.2) is 29.8 Å². The van der Waals surface area contributed by atoms with Crippen LogP contribution in [0.1, 0.15) is 18.4 Å². The molecular weight excluding hydrogens is 239 g/mol. The van der Waals surface area contributed by atoms with Crippen molar-refractivity contribution in [1.29, 1.82) is 0 Å². The van der Waals surface area contributed by atoms with Crippen LogP contribution in [0.2, 0.25) is 0 Å². The van der Waals surface area contributed by atoms with Gasteiger partial charge in [-0.05, 0) is 24.5 Å². The van der Waals surface area contributed by atoms with E-state index in [1.54, 1.807) is 14.1 Å². The van der Waals surface area contributed by atoms with Gasteiger partial charge in [-0.3, -0.25) is 14.9 Å². The normalized spacial score (nSPS) is 10.2. The lowest BCUT2D eigenvalue weighted by molar-refractivity contribution is -0.385. The number of carbonyl (C=O) groups excluding carboxylic acids is 1. The summed E-state index contributed by atoms with van der Waals surface area (Å²) in [6, 6.07) is 3.57. The molecule has 0 aliphatic heterocycles. The highest BCUT2D eigenvalue weighted by atomic mass is 19.1. The quantitative estimate of drug-likeness (QED) is 0.597. The minimum atomic E-state index is -0.636. The molecule has 0 aliphatic carbocycles. The number of nitrogens with zero attached hydrogens (tertiary/aromatic N) is 2. The van der Waals surface area contributed by atoms with E-state index >= 15 is 0 Å². The highest BCUT2D eigenvalue weighted by Crippen LogP contribution is 2.18. The standard InChI is InChI=1S/C12H15FN2O3/c1-14(2)12(16)5-3-4-9-6-7-10(15(17)18)8-11(9)13/h6-8H,3-5H2,1-2H3. The predicted molar refractivity (Wildman–Crippen MR) is 64.7 cm³/mol. The number of hydrogen-bond acceptors (Lipinski definition) is 3. The Hall–Kier alpha value is -1.98. The minimum absolute atomic E-state index is 0.0164. The number of non-ortho nitro benzene ring substituents is 1. The second-order valence-electron chi connectivity index (χ2n) is 4.17. The number of rotatable bonds is 5. The smallest absolute Gasteiger partial charge is 0.272 e. The Labute approximate surface area is 104 Å². The summed E-state index contributed by atoms with van der Waals surface area (Å²) in [6.07, 6.45) is 1.25. The van der Waals surface area contributed by atoms with E-state index in [4.69, 9.17) is 0 Å². The van der Waals surface area contributed by atoms with E-state index in [-0.39, 0.29) is 11.6 Å². The summed E-state index contributed by atoms with van der Waals surface area (Å²) < 4.78 is 13.5. The van der Waals surface area contributed by atoms with Crippen molar-refractivity contribution >= 4 is 11.6 Å². The van der Waals surface area contributed by atoms with Crippen LogP contribution in [0, 0.1) is 15.9 Å². The molecule has 0 atom stereocenters. The molecule has 98 valence electrons. The lowest BCUT2D eigenvalue weighted by Crippen LogP contribution is -2.21. The Morgan fingerprint density at radius 3 is 2.61 bits per heavy atom. The maximum absolute atomic E-state index is 13.5. The maximum atomic E-state index is 13.5. The molecule has 18 heavy (non-hydrogen) atoms. The second kappa shape index (κ2) is 6.09. The Kier molecular flexibility index (Phi) is 4.76. The van der Waals surface area contributed by atoms with E-state index in [0.29, 0.717) is 24.8 Å². The van der Waals surface area contributed by atoms with Gasteiger partial charge in [-0.2, -0.15) is 0 Å². The van der Waals surface area contributed by atoms with Crippen molar-refractivity contribution < 1.29 is 14.1 Å². The van der Waals surface area contributed by atoms with Gasteiger partial charge in [0, 0.05) is 26.6 Å². The van der Waals surface area contributed by atoms with Crippen LogP contribution < -0.4 is 0 Å². The van der Waals surface area contributed by atoms with Crippen molar-refractivity contribution in [1.82, 2.24) is 4.90 Å². The van der Waals surface area contributed by atoms with Crippen LogP contribution in [0.5, 0.6) is 0 Å². The number of nitro groups is 1. The zero-order valence-corrected chi connectivity index (χ0v) is 10.4. The fourth-order valence-corrected chi connectivity index (χ4v) is 1.51. The largest absolute Gasteiger partial charge is 0.349 e. The molecule has 6 heteroatoms. The molecule has 1 aromatic carbocycles. The molecule has 1 rings (SSSR count). The van der Waals surface area contributed by atoms with Crippen LogP contribution in [0.15, 0.2) is 18.2 Å². The minimum Gasteiger partial charge on any atom is -0.349 e. The van der Waals surface area contributed by atoms with Gasteiger partial charge in [0.15, 0.2) is 0 Å². The first-order valence-corrected chi connectivity index (χ1v) is 5.55. The fourth-order valence-electron chi connectivity index (χ4n) is 1.51. The molecule has 0 bridgehead atoms. The third kappa shape index (κ3) is 3.80. The molecule has 0 spiro atoms. The molecular formula is C12H15FN2O3. The first-order valence-electron chi connectivity index (χ1n) is 5.55. The summed E-state index contributed by atoms with van der Waals surface area (Å²) in [6.45, 7) is 0. The molecule has 0 radical (unpaired) electrons. The second-order valence-corrected chi connectivity index (χ2v) is 4.17. The van der Waals surface area contributed by atoms with Gasteiger partial charge in [0.05, 0.1) is 11.0 Å². The molecule has 5 nitrogen and oxygen atoms in total. The van der Waals surface area contributed by atoms with Crippen LogP contribution in [0.3, 0.4) is 0 Å². The van der Waals surface area contributed by atoms with Crippen LogP contribution in [0.4, 0.5) is 10.1 Å². The van der Waals surface area contributed by atoms with Crippen LogP contribution in [-0.2, 0) is 11.2 Å². The molecule has 0 saturated carbocycles. The molecule has 1 amide bonds. The molecule has 0 saturated heterocycles. The summed E-state index contributed by atoms with van der Waals surface area (Å²) in [4.78, 5) is 22.6. The molecule has 0 unspecified atom stereocenters. The summed E-state index contributed by atoms with van der Waals surface area (Å²) >= 11 is 0. The van der Waals surface area contributed by atoms with E-state index in [1.807, 2.05) is 0 Å². The number of nitro benzene ring substituents is 1. The number of halogens is 1. The lowest BCUT2D eigenvalue weighted by atomic mass is 10.1. The SMILES string of the molecule is CN(C)C(=O)CCCc1ccc([N+](=O)[O-])cc1F. The van der Waals surface area contributed by atoms with Crippen LogP contribution >= 0.6 is 0 Å². The van der Waals surface area contributed by atoms with Crippen molar-refractivity contribution in [3.05, 3.63) is 39.7 Å². The average molecular weight is 254 g/mol. The predicted octanol–water partition coefficient (Wildman–Crippen LogP) is 2.14. The number of benzene rings is 1. The van der Waals surface area contributed by atoms with Gasteiger partial charge in [-0.25, -0.2) is 4.39 Å². The lowest BCUT2D eigenvalue weighted by Gasteiger charge is -2.09. The molecule has 0 aliphatic rings. The Bertz CT molecular complexity index is 461. The van der Waals surface area contributed by atoms with E-state index < -0.39 is 10.7 Å². The van der Waals surface area contributed by atoms with Gasteiger partial charge in [-0.1, -0.05) is 0 Å². The van der Waals surface area contributed by atoms with Crippen molar-refractivity contribution in [3.8, 4) is 0 Å². The van der Waals surface area contributed by atoms with Crippen LogP contribution in [0.25, 0.3) is 0 Å². The topological polar surface area (TPSA) is 63.5 Å². The average Bonchev–Trinajstić information content (AvgIpc) is 2.30. The molecule has 1 aromatic rings. The zero-order valence-electron chi connectivity index (χ0n) is 10.4. The summed E-state index contributed by atoms with van der Waals surface area (Å²) in [7, 11) is 3.32. The van der Waals surface area contributed by atoms with E-state index in [2.05, 4.69) is 0 Å². The van der Waals surface area contributed by atoms with Gasteiger partial charge in [0.2, 0.25) is 5.91 Å². The first-order chi connectivity index (χ1) is 8.41. The molecule has 0 heterocycles. The van der Waals surface area contributed by atoms with E-state index in [0.717, 1.165) is 6.07 Å². The number of aryl methyl sites for hydroxylation is 1. The first kappa shape index (κ1) is 14.1. The van der Waals surface area contributed by atoms with E-state index in [1.165, 1.54) is 17.0 Å². The van der Waals surface area contributed by atoms with E-state index in [9.17, 15) is 19.3 Å². The Morgan fingerprint density at radius 1 is 1.44 bits per heavy atom. The number of amides is 1. The third-order valence-corrected chi connectivity index (χ3v) is 2.58. The maximum Gasteiger partial charge on any atom is 0.272 e. The van der Waals surface area contributed by atoms with Gasteiger partial charge in [-0.15, -0.1) is 0 Å². The highest BCUT2D eigenvalue weighted by Gasteiger charge is 2.11. The number of carbonyl (C=O) groups is 1. The Morgan fingerprint density at radius 2 is 2.11 bits per heavy atom. The Balaban J connectivity index is 2.58. The molecule has 0 fully saturated rings. The van der Waals surface area contributed by atoms with Gasteiger partial charge in [0.1, 0.15) is 5.82 Å². The van der Waals surface area contributed by atoms with Gasteiger partial charge < -0.3 is 4.90 Å². The van der Waals surface area contributed by atoms with Crippen molar-refractivity contribution in [2.45, 2.75) is 19.3 Å². The molecule has 0 aromatic heterocycles. The van der Waals surface area contributed by atoms with Gasteiger partial charge >= 0.3 is 0 Å². The number of hydrogen-bond donors (Lipinski definition) is 0. The fraction of sp³-hybridized carbons (Fsp3) is 0.417. The molecule has 0 N–H and O–H groups in total. The van der Waals surface area contributed by atoms with Crippen molar-refractivity contribution in [3.63, 3.8) is 0 Å². The van der Waals surface area contributed by atoms with Crippen molar-refractivity contribution in [2.75, 3.05) is 14.1 Å². The zero-order chi connectivity index (χ0) is 13.7. The van der Waals surface area contributed by atoms with Gasteiger partial charge in [0.25, 0.3) is 5.69 Å².